The molecule has 0 amide bonds. The van der Waals surface area contributed by atoms with Gasteiger partial charge in [-0.1, -0.05) is 42.5 Å². The van der Waals surface area contributed by atoms with Crippen LogP contribution in [0.1, 0.15) is 22.6 Å². The number of aryl methyl sites for hydroxylation is 1. The Labute approximate surface area is 199 Å². The van der Waals surface area contributed by atoms with Crippen LogP contribution in [0, 0.1) is 0 Å². The largest absolute Gasteiger partial charge is 0.416 e. The average Bonchev–Trinajstić information content (AvgIpc) is 3.38. The molecule has 1 N–H and O–H groups in total. The summed E-state index contributed by atoms with van der Waals surface area (Å²) >= 11 is 0. The van der Waals surface area contributed by atoms with E-state index in [2.05, 4.69) is 4.98 Å². The zero-order valence-electron chi connectivity index (χ0n) is 18.6. The van der Waals surface area contributed by atoms with E-state index in [0.29, 0.717) is 16.5 Å². The number of halogens is 3. The molecule has 3 aromatic carbocycles. The molecule has 0 saturated heterocycles. The fourth-order valence-electron chi connectivity index (χ4n) is 4.40. The quantitative estimate of drug-likeness (QED) is 0.283. The predicted octanol–water partition coefficient (Wildman–Crippen LogP) is 6.22. The van der Waals surface area contributed by atoms with E-state index < -0.39 is 33.5 Å². The number of rotatable bonds is 6. The minimum Gasteiger partial charge on any atom is -0.380 e. The molecule has 5 nitrogen and oxygen atoms in total. The lowest BCUT2D eigenvalue weighted by atomic mass is 9.92. The molecule has 2 aromatic heterocycles. The molecule has 0 fully saturated rings. The molecule has 180 valence electrons. The van der Waals surface area contributed by atoms with Crippen molar-refractivity contribution in [2.75, 3.05) is 5.75 Å². The second-order valence-electron chi connectivity index (χ2n) is 8.39. The Morgan fingerprint density at radius 2 is 1.60 bits per heavy atom. The van der Waals surface area contributed by atoms with E-state index in [9.17, 15) is 21.6 Å². The molecule has 0 aliphatic rings. The maximum absolute atomic E-state index is 13.3. The number of nitrogens with one attached hydrogen (secondary N) is 1. The normalized spacial score (nSPS) is 13.4. The molecule has 0 radical (unpaired) electrons. The van der Waals surface area contributed by atoms with Crippen molar-refractivity contribution in [1.29, 1.82) is 0 Å². The van der Waals surface area contributed by atoms with Crippen LogP contribution >= 0.6 is 0 Å². The van der Waals surface area contributed by atoms with E-state index in [-0.39, 0.29) is 5.75 Å². The Hall–Kier alpha value is -3.72. The highest BCUT2D eigenvalue weighted by atomic mass is 32.2. The Balaban J connectivity index is 1.55. The maximum atomic E-state index is 13.3. The molecule has 35 heavy (non-hydrogen) atoms. The summed E-state index contributed by atoms with van der Waals surface area (Å²) in [5.41, 5.74) is 1.91. The molecule has 9 heteroatoms. The van der Waals surface area contributed by atoms with Crippen molar-refractivity contribution < 1.29 is 25.8 Å². The molecule has 0 bridgehead atoms. The number of nitrogens with zero attached hydrogens (tertiary/aromatic N) is 1. The smallest absolute Gasteiger partial charge is 0.380 e. The highest BCUT2D eigenvalue weighted by Crippen LogP contribution is 2.36. The van der Waals surface area contributed by atoms with Crippen LogP contribution in [0.3, 0.4) is 0 Å². The number of fused-ring (bicyclic) bond motifs is 2. The Morgan fingerprint density at radius 3 is 2.31 bits per heavy atom. The Morgan fingerprint density at radius 1 is 0.943 bits per heavy atom. The molecule has 0 aliphatic carbocycles. The standard InChI is InChI=1S/C26H21F3N2O3S/c1-31-15-25(20-7-3-5-9-24(20)31)34-35(32,33)16-22(17-10-12-18(13-11-17)26(27,28)29)21-14-30-23-8-4-2-6-19(21)23/h2-15,22,30H,16H2,1H3. The van der Waals surface area contributed by atoms with Gasteiger partial charge in [-0.15, -0.1) is 0 Å². The number of alkyl halides is 3. The molecule has 1 atom stereocenters. The van der Waals surface area contributed by atoms with Crippen LogP contribution in [0.15, 0.2) is 85.2 Å². The predicted molar refractivity (Wildman–Crippen MR) is 129 cm³/mol. The summed E-state index contributed by atoms with van der Waals surface area (Å²) in [4.78, 5) is 3.12. The van der Waals surface area contributed by atoms with Gasteiger partial charge in [0.25, 0.3) is 0 Å². The Bertz CT molecular complexity index is 1620. The third kappa shape index (κ3) is 4.51. The van der Waals surface area contributed by atoms with Gasteiger partial charge >= 0.3 is 16.3 Å². The summed E-state index contributed by atoms with van der Waals surface area (Å²) in [6, 6.07) is 19.2. The van der Waals surface area contributed by atoms with Crippen LogP contribution < -0.4 is 4.18 Å². The van der Waals surface area contributed by atoms with Gasteiger partial charge in [-0.05, 0) is 41.5 Å². The van der Waals surface area contributed by atoms with Crippen LogP contribution in [0.4, 0.5) is 13.2 Å². The zero-order valence-corrected chi connectivity index (χ0v) is 19.4. The molecule has 0 aliphatic heterocycles. The lowest BCUT2D eigenvalue weighted by Gasteiger charge is -2.18. The zero-order chi connectivity index (χ0) is 24.8. The van der Waals surface area contributed by atoms with Crippen molar-refractivity contribution in [2.24, 2.45) is 7.05 Å². The molecule has 0 spiro atoms. The fourth-order valence-corrected chi connectivity index (χ4v) is 5.65. The first-order valence-electron chi connectivity index (χ1n) is 10.8. The first-order valence-corrected chi connectivity index (χ1v) is 12.4. The minimum atomic E-state index is -4.49. The van der Waals surface area contributed by atoms with E-state index in [4.69, 9.17) is 4.18 Å². The van der Waals surface area contributed by atoms with E-state index in [0.717, 1.165) is 28.6 Å². The summed E-state index contributed by atoms with van der Waals surface area (Å²) in [7, 11) is -2.35. The second kappa shape index (κ2) is 8.49. The molecular formula is C26H21F3N2O3S. The fraction of sp³-hybridized carbons (Fsp3) is 0.154. The summed E-state index contributed by atoms with van der Waals surface area (Å²) in [6.45, 7) is 0. The van der Waals surface area contributed by atoms with Gasteiger partial charge in [-0.25, -0.2) is 0 Å². The van der Waals surface area contributed by atoms with Gasteiger partial charge in [0, 0.05) is 41.6 Å². The topological polar surface area (TPSA) is 64.1 Å². The summed E-state index contributed by atoms with van der Waals surface area (Å²) < 4.78 is 73.2. The highest BCUT2D eigenvalue weighted by molar-refractivity contribution is 7.87. The van der Waals surface area contributed by atoms with Crippen LogP contribution in [-0.4, -0.2) is 23.7 Å². The second-order valence-corrected chi connectivity index (χ2v) is 10.0. The van der Waals surface area contributed by atoms with Crippen molar-refractivity contribution in [1.82, 2.24) is 9.55 Å². The van der Waals surface area contributed by atoms with E-state index in [1.165, 1.54) is 12.1 Å². The summed E-state index contributed by atoms with van der Waals surface area (Å²) in [5, 5.41) is 1.44. The molecule has 5 rings (SSSR count). The minimum absolute atomic E-state index is 0.202. The maximum Gasteiger partial charge on any atom is 0.416 e. The van der Waals surface area contributed by atoms with Gasteiger partial charge in [0.15, 0.2) is 5.75 Å². The number of hydrogen-bond acceptors (Lipinski definition) is 3. The monoisotopic (exact) mass is 498 g/mol. The molecule has 2 heterocycles. The molecule has 5 aromatic rings. The van der Waals surface area contributed by atoms with Crippen molar-refractivity contribution >= 4 is 31.9 Å². The lowest BCUT2D eigenvalue weighted by Crippen LogP contribution is -2.20. The number of H-pyrrole nitrogens is 1. The SMILES string of the molecule is Cn1cc(OS(=O)(=O)CC(c2ccc(C(F)(F)F)cc2)c2c[nH]c3ccccc23)c2ccccc21. The van der Waals surface area contributed by atoms with Crippen LogP contribution in [0.2, 0.25) is 0 Å². The first kappa shape index (κ1) is 23.0. The number of para-hydroxylation sites is 2. The molecule has 1 unspecified atom stereocenters. The number of aromatic nitrogens is 2. The van der Waals surface area contributed by atoms with E-state index in [1.807, 2.05) is 36.4 Å². The number of hydrogen-bond donors (Lipinski definition) is 1. The van der Waals surface area contributed by atoms with Gasteiger partial charge in [0.05, 0.1) is 16.8 Å². The van der Waals surface area contributed by atoms with Gasteiger partial charge in [0.2, 0.25) is 0 Å². The third-order valence-electron chi connectivity index (χ3n) is 6.08. The van der Waals surface area contributed by atoms with Crippen molar-refractivity contribution in [3.05, 3.63) is 102 Å². The number of benzene rings is 3. The van der Waals surface area contributed by atoms with Crippen molar-refractivity contribution in [2.45, 2.75) is 12.1 Å². The summed E-state index contributed by atoms with van der Waals surface area (Å²) in [6.07, 6.45) is -1.19. The number of aromatic amines is 1. The van der Waals surface area contributed by atoms with Crippen LogP contribution in [0.25, 0.3) is 21.8 Å². The van der Waals surface area contributed by atoms with Gasteiger partial charge in [-0.3, -0.25) is 0 Å². The van der Waals surface area contributed by atoms with Crippen molar-refractivity contribution in [3.8, 4) is 5.75 Å². The van der Waals surface area contributed by atoms with Crippen LogP contribution in [0.5, 0.6) is 5.75 Å². The van der Waals surface area contributed by atoms with Gasteiger partial charge in [0.1, 0.15) is 0 Å². The highest BCUT2D eigenvalue weighted by Gasteiger charge is 2.32. The van der Waals surface area contributed by atoms with Gasteiger partial charge < -0.3 is 13.7 Å². The van der Waals surface area contributed by atoms with E-state index >= 15 is 0 Å². The van der Waals surface area contributed by atoms with Crippen LogP contribution in [-0.2, 0) is 23.3 Å². The lowest BCUT2D eigenvalue weighted by molar-refractivity contribution is -0.137. The summed E-state index contributed by atoms with van der Waals surface area (Å²) in [5.74, 6) is -1.01. The average molecular weight is 499 g/mol. The van der Waals surface area contributed by atoms with Gasteiger partial charge in [-0.2, -0.15) is 21.6 Å². The first-order chi connectivity index (χ1) is 16.6. The van der Waals surface area contributed by atoms with Crippen molar-refractivity contribution in [3.63, 3.8) is 0 Å². The Kier molecular flexibility index (Phi) is 5.59. The van der Waals surface area contributed by atoms with E-state index in [1.54, 1.807) is 36.1 Å². The molecule has 0 saturated carbocycles. The third-order valence-corrected chi connectivity index (χ3v) is 7.26. The molecular weight excluding hydrogens is 477 g/mol.